The molecule has 1 aromatic heterocycles. The predicted octanol–water partition coefficient (Wildman–Crippen LogP) is 4.34. The summed E-state index contributed by atoms with van der Waals surface area (Å²) in [6, 6.07) is 11.0. The lowest BCUT2D eigenvalue weighted by Gasteiger charge is -2.37. The maximum Gasteiger partial charge on any atom is 0.435 e. The minimum absolute atomic E-state index is 0. The summed E-state index contributed by atoms with van der Waals surface area (Å²) in [6.45, 7) is 6.62. The number of piperidine rings is 1. The van der Waals surface area contributed by atoms with Gasteiger partial charge in [-0.25, -0.2) is 4.99 Å². The van der Waals surface area contributed by atoms with Gasteiger partial charge in [0.2, 0.25) is 0 Å². The molecule has 1 aliphatic rings. The maximum atomic E-state index is 13.2. The third kappa shape index (κ3) is 7.09. The van der Waals surface area contributed by atoms with Gasteiger partial charge in [-0.2, -0.15) is 18.3 Å². The zero-order valence-corrected chi connectivity index (χ0v) is 21.0. The normalized spacial score (nSPS) is 17.0. The first-order valence-electron chi connectivity index (χ1n) is 10.7. The van der Waals surface area contributed by atoms with Gasteiger partial charge < -0.3 is 10.6 Å². The van der Waals surface area contributed by atoms with Crippen molar-refractivity contribution in [3.8, 4) is 0 Å². The van der Waals surface area contributed by atoms with Crippen LogP contribution in [0.3, 0.4) is 0 Å². The van der Waals surface area contributed by atoms with Gasteiger partial charge in [0.1, 0.15) is 0 Å². The number of nitrogens with zero attached hydrogens (tertiary/aromatic N) is 4. The summed E-state index contributed by atoms with van der Waals surface area (Å²) in [5, 5.41) is 10.1. The van der Waals surface area contributed by atoms with Gasteiger partial charge in [0.25, 0.3) is 0 Å². The molecule has 2 aromatic rings. The summed E-state index contributed by atoms with van der Waals surface area (Å²) < 4.78 is 40.7. The Hall–Kier alpha value is -1.82. The fourth-order valence-corrected chi connectivity index (χ4v) is 3.94. The molecular weight excluding hydrogens is 532 g/mol. The molecule has 3 rings (SSSR count). The molecule has 0 radical (unpaired) electrons. The maximum absolute atomic E-state index is 13.2. The molecular formula is C22H32F3IN6. The molecule has 1 atom stereocenters. The van der Waals surface area contributed by atoms with Crippen molar-refractivity contribution in [2.75, 3.05) is 19.6 Å². The van der Waals surface area contributed by atoms with Crippen LogP contribution in [0.5, 0.6) is 0 Å². The van der Waals surface area contributed by atoms with E-state index in [-0.39, 0.29) is 42.1 Å². The first kappa shape index (κ1) is 26.4. The fourth-order valence-electron chi connectivity index (χ4n) is 3.94. The molecule has 1 aliphatic heterocycles. The summed E-state index contributed by atoms with van der Waals surface area (Å²) in [7, 11) is 1.48. The molecule has 0 amide bonds. The molecule has 1 unspecified atom stereocenters. The Bertz CT molecular complexity index is 860. The summed E-state index contributed by atoms with van der Waals surface area (Å²) in [4.78, 5) is 6.86. The highest BCUT2D eigenvalue weighted by Gasteiger charge is 2.36. The molecule has 0 bridgehead atoms. The largest absolute Gasteiger partial charge is 0.435 e. The Morgan fingerprint density at radius 3 is 2.47 bits per heavy atom. The van der Waals surface area contributed by atoms with Crippen LogP contribution in [0, 0.1) is 0 Å². The molecule has 32 heavy (non-hydrogen) atoms. The molecule has 1 aromatic carbocycles. The Morgan fingerprint density at radius 2 is 1.88 bits per heavy atom. The third-order valence-electron chi connectivity index (χ3n) is 5.62. The number of nitrogens with one attached hydrogen (secondary N) is 2. The van der Waals surface area contributed by atoms with E-state index in [9.17, 15) is 13.2 Å². The number of aromatic nitrogens is 2. The van der Waals surface area contributed by atoms with E-state index in [0.29, 0.717) is 18.5 Å². The topological polar surface area (TPSA) is 57.5 Å². The number of benzene rings is 1. The number of hydrogen-bond acceptors (Lipinski definition) is 3. The molecule has 0 aliphatic carbocycles. The van der Waals surface area contributed by atoms with E-state index in [0.717, 1.165) is 25.9 Å². The van der Waals surface area contributed by atoms with Gasteiger partial charge in [-0.15, -0.1) is 24.0 Å². The van der Waals surface area contributed by atoms with Crippen molar-refractivity contribution in [2.24, 2.45) is 12.0 Å². The van der Waals surface area contributed by atoms with Crippen LogP contribution in [0.4, 0.5) is 13.2 Å². The van der Waals surface area contributed by atoms with E-state index in [1.54, 1.807) is 0 Å². The minimum atomic E-state index is -4.49. The van der Waals surface area contributed by atoms with E-state index in [4.69, 9.17) is 0 Å². The molecule has 1 fully saturated rings. The first-order chi connectivity index (χ1) is 14.8. The number of alkyl halides is 3. The number of aliphatic imine (C=N–C) groups is 1. The number of hydrogen-bond donors (Lipinski definition) is 2. The molecule has 10 heteroatoms. The molecule has 178 valence electrons. The van der Waals surface area contributed by atoms with Crippen LogP contribution in [0.2, 0.25) is 0 Å². The van der Waals surface area contributed by atoms with Crippen molar-refractivity contribution < 1.29 is 13.2 Å². The number of guanidine groups is 1. The molecule has 2 heterocycles. The lowest BCUT2D eigenvalue weighted by Crippen LogP contribution is -2.49. The number of rotatable bonds is 6. The van der Waals surface area contributed by atoms with Gasteiger partial charge in [0.05, 0.1) is 6.54 Å². The summed E-state index contributed by atoms with van der Waals surface area (Å²) in [6.07, 6.45) is -1.22. The zero-order chi connectivity index (χ0) is 22.4. The first-order valence-corrected chi connectivity index (χ1v) is 10.7. The van der Waals surface area contributed by atoms with Crippen LogP contribution in [0.15, 0.2) is 41.5 Å². The van der Waals surface area contributed by atoms with Crippen LogP contribution < -0.4 is 10.6 Å². The van der Waals surface area contributed by atoms with E-state index in [1.165, 1.54) is 23.5 Å². The average molecular weight is 564 g/mol. The number of aryl methyl sites for hydroxylation is 1. The molecule has 1 saturated heterocycles. The predicted molar refractivity (Wildman–Crippen MR) is 131 cm³/mol. The molecule has 0 saturated carbocycles. The quantitative estimate of drug-likeness (QED) is 0.312. The van der Waals surface area contributed by atoms with Crippen molar-refractivity contribution in [1.82, 2.24) is 25.3 Å². The van der Waals surface area contributed by atoms with Gasteiger partial charge in [0, 0.05) is 50.5 Å². The van der Waals surface area contributed by atoms with E-state index in [1.807, 2.05) is 13.0 Å². The van der Waals surface area contributed by atoms with Crippen LogP contribution in [-0.2, 0) is 19.8 Å². The Balaban J connectivity index is 0.00000363. The van der Waals surface area contributed by atoms with Crippen LogP contribution in [0.25, 0.3) is 0 Å². The second kappa shape index (κ2) is 11.9. The standard InChI is InChI=1S/C22H31F3N6.HI/c1-4-26-21(27-14-18-15-30(3)29-20(18)22(23,24)25)28-19-10-12-31(13-11-19)16(2)17-8-6-5-7-9-17;/h5-9,15-16,19H,4,10-14H2,1-3H3,(H2,26,27,28);1H. The second-order valence-electron chi connectivity index (χ2n) is 7.91. The monoisotopic (exact) mass is 564 g/mol. The lowest BCUT2D eigenvalue weighted by atomic mass is 10.0. The fraction of sp³-hybridized carbons (Fsp3) is 0.545. The number of likely N-dealkylation sites (tertiary alicyclic amines) is 1. The van der Waals surface area contributed by atoms with Crippen molar-refractivity contribution in [2.45, 2.75) is 51.5 Å². The van der Waals surface area contributed by atoms with Crippen molar-refractivity contribution in [3.05, 3.63) is 53.3 Å². The Kier molecular flexibility index (Phi) is 9.81. The van der Waals surface area contributed by atoms with Gasteiger partial charge in [-0.05, 0) is 32.3 Å². The van der Waals surface area contributed by atoms with Crippen LogP contribution in [-0.4, -0.2) is 46.3 Å². The van der Waals surface area contributed by atoms with Crippen molar-refractivity contribution in [3.63, 3.8) is 0 Å². The molecule has 2 N–H and O–H groups in total. The van der Waals surface area contributed by atoms with E-state index < -0.39 is 11.9 Å². The van der Waals surface area contributed by atoms with E-state index >= 15 is 0 Å². The average Bonchev–Trinajstić information content (AvgIpc) is 3.14. The van der Waals surface area contributed by atoms with Crippen molar-refractivity contribution in [1.29, 1.82) is 0 Å². The van der Waals surface area contributed by atoms with Gasteiger partial charge in [-0.1, -0.05) is 30.3 Å². The Labute approximate surface area is 204 Å². The van der Waals surface area contributed by atoms with Gasteiger partial charge in [-0.3, -0.25) is 9.58 Å². The zero-order valence-electron chi connectivity index (χ0n) is 18.7. The second-order valence-corrected chi connectivity index (χ2v) is 7.91. The number of halogens is 4. The summed E-state index contributed by atoms with van der Waals surface area (Å²) in [5.74, 6) is 0.536. The highest BCUT2D eigenvalue weighted by atomic mass is 127. The van der Waals surface area contributed by atoms with Crippen LogP contribution in [0.1, 0.15) is 49.6 Å². The third-order valence-corrected chi connectivity index (χ3v) is 5.62. The summed E-state index contributed by atoms with van der Waals surface area (Å²) >= 11 is 0. The van der Waals surface area contributed by atoms with Gasteiger partial charge in [0.15, 0.2) is 11.7 Å². The highest BCUT2D eigenvalue weighted by Crippen LogP contribution is 2.31. The van der Waals surface area contributed by atoms with Crippen molar-refractivity contribution >= 4 is 29.9 Å². The Morgan fingerprint density at radius 1 is 1.22 bits per heavy atom. The van der Waals surface area contributed by atoms with Gasteiger partial charge >= 0.3 is 6.18 Å². The highest BCUT2D eigenvalue weighted by molar-refractivity contribution is 14.0. The lowest BCUT2D eigenvalue weighted by molar-refractivity contribution is -0.142. The van der Waals surface area contributed by atoms with Crippen LogP contribution >= 0.6 is 24.0 Å². The smallest absolute Gasteiger partial charge is 0.357 e. The minimum Gasteiger partial charge on any atom is -0.357 e. The summed E-state index contributed by atoms with van der Waals surface area (Å²) in [5.41, 5.74) is 0.497. The molecule has 6 nitrogen and oxygen atoms in total. The molecule has 0 spiro atoms. The van der Waals surface area contributed by atoms with E-state index in [2.05, 4.69) is 56.8 Å². The SMILES string of the molecule is CCNC(=NCc1cn(C)nc1C(F)(F)F)NC1CCN(C(C)c2ccccc2)CC1.I.